The lowest BCUT2D eigenvalue weighted by molar-refractivity contribution is 0.0715. The summed E-state index contributed by atoms with van der Waals surface area (Å²) in [5.74, 6) is -0.111. The first-order valence-corrected chi connectivity index (χ1v) is 6.79. The highest BCUT2D eigenvalue weighted by Crippen LogP contribution is 2.32. The van der Waals surface area contributed by atoms with Crippen LogP contribution in [0.3, 0.4) is 0 Å². The van der Waals surface area contributed by atoms with Crippen LogP contribution >= 0.6 is 11.3 Å². The number of hydrogen-bond donors (Lipinski definition) is 1. The first-order valence-electron chi connectivity index (χ1n) is 5.98. The number of amides is 1. The normalized spacial score (nSPS) is 10.8. The van der Waals surface area contributed by atoms with Gasteiger partial charge in [0.25, 0.3) is 5.91 Å². The molecule has 2 heterocycles. The minimum Gasteiger partial charge on any atom is -0.397 e. The Labute approximate surface area is 115 Å². The molecule has 0 aliphatic heterocycles. The number of carbonyl (C=O) groups excluding carboxylic acids is 1. The quantitative estimate of drug-likeness (QED) is 0.837. The minimum absolute atomic E-state index is 0.111. The second kappa shape index (κ2) is 5.94. The first-order chi connectivity index (χ1) is 9.15. The molecule has 0 saturated heterocycles. The molecule has 2 aromatic rings. The van der Waals surface area contributed by atoms with Crippen LogP contribution in [-0.4, -0.2) is 47.8 Å². The van der Waals surface area contributed by atoms with Gasteiger partial charge in [0.05, 0.1) is 18.5 Å². The molecular formula is C12H16N4O2S. The molecule has 0 atom stereocenters. The van der Waals surface area contributed by atoms with Crippen LogP contribution in [-0.2, 0) is 4.74 Å². The molecule has 7 heteroatoms. The Balaban J connectivity index is 2.19. The molecule has 102 valence electrons. The third kappa shape index (κ3) is 2.82. The number of hydrogen-bond acceptors (Lipinski definition) is 6. The Hall–Kier alpha value is -1.73. The molecule has 0 unspecified atom stereocenters. The summed E-state index contributed by atoms with van der Waals surface area (Å²) in [6.45, 7) is 3.61. The van der Waals surface area contributed by atoms with Gasteiger partial charge in [0.1, 0.15) is 9.71 Å². The van der Waals surface area contributed by atoms with E-state index in [1.165, 1.54) is 11.3 Å². The van der Waals surface area contributed by atoms with Crippen molar-refractivity contribution >= 4 is 33.1 Å². The van der Waals surface area contributed by atoms with Gasteiger partial charge < -0.3 is 15.4 Å². The molecule has 0 aliphatic rings. The second-order valence-corrected chi connectivity index (χ2v) is 5.02. The number of fused-ring (bicyclic) bond motifs is 1. The smallest absolute Gasteiger partial charge is 0.265 e. The highest BCUT2D eigenvalue weighted by Gasteiger charge is 2.20. The minimum atomic E-state index is -0.111. The average molecular weight is 280 g/mol. The first kappa shape index (κ1) is 13.7. The summed E-state index contributed by atoms with van der Waals surface area (Å²) in [7, 11) is 1.73. The number of aromatic nitrogens is 2. The number of anilines is 1. The van der Waals surface area contributed by atoms with E-state index in [9.17, 15) is 4.79 Å². The number of nitrogens with two attached hydrogens (primary N) is 1. The van der Waals surface area contributed by atoms with Crippen molar-refractivity contribution in [3.05, 3.63) is 17.1 Å². The molecule has 0 spiro atoms. The zero-order valence-corrected chi connectivity index (χ0v) is 11.7. The molecule has 0 radical (unpaired) electrons. The highest BCUT2D eigenvalue weighted by molar-refractivity contribution is 7.21. The molecule has 0 saturated carbocycles. The van der Waals surface area contributed by atoms with E-state index in [-0.39, 0.29) is 5.91 Å². The fraction of sp³-hybridized carbons (Fsp3) is 0.417. The largest absolute Gasteiger partial charge is 0.397 e. The molecule has 1 amide bonds. The van der Waals surface area contributed by atoms with Crippen molar-refractivity contribution in [1.82, 2.24) is 15.1 Å². The van der Waals surface area contributed by atoms with E-state index in [0.29, 0.717) is 35.2 Å². The zero-order chi connectivity index (χ0) is 13.8. The van der Waals surface area contributed by atoms with Gasteiger partial charge in [-0.25, -0.2) is 0 Å². The van der Waals surface area contributed by atoms with E-state index in [1.54, 1.807) is 24.2 Å². The molecule has 19 heavy (non-hydrogen) atoms. The van der Waals surface area contributed by atoms with Crippen LogP contribution in [0.1, 0.15) is 16.6 Å². The lowest BCUT2D eigenvalue weighted by Crippen LogP contribution is -2.30. The van der Waals surface area contributed by atoms with Crippen LogP contribution in [0.2, 0.25) is 0 Å². The SMILES string of the molecule is CCOCCN(C)C(=O)c1sc2nnccc2c1N. The Kier molecular flexibility index (Phi) is 4.28. The Morgan fingerprint density at radius 2 is 2.37 bits per heavy atom. The van der Waals surface area contributed by atoms with Crippen LogP contribution in [0.25, 0.3) is 10.2 Å². The molecular weight excluding hydrogens is 264 g/mol. The highest BCUT2D eigenvalue weighted by atomic mass is 32.1. The van der Waals surface area contributed by atoms with Crippen molar-refractivity contribution in [2.45, 2.75) is 6.92 Å². The van der Waals surface area contributed by atoms with E-state index in [4.69, 9.17) is 10.5 Å². The summed E-state index contributed by atoms with van der Waals surface area (Å²) >= 11 is 1.27. The Morgan fingerprint density at radius 1 is 1.58 bits per heavy atom. The van der Waals surface area contributed by atoms with Gasteiger partial charge in [-0.3, -0.25) is 4.79 Å². The van der Waals surface area contributed by atoms with Crippen LogP contribution in [0, 0.1) is 0 Å². The topological polar surface area (TPSA) is 81.3 Å². The van der Waals surface area contributed by atoms with Gasteiger partial charge in [-0.05, 0) is 13.0 Å². The van der Waals surface area contributed by atoms with Gasteiger partial charge in [0.2, 0.25) is 0 Å². The van der Waals surface area contributed by atoms with E-state index < -0.39 is 0 Å². The number of thiophene rings is 1. The van der Waals surface area contributed by atoms with Gasteiger partial charge >= 0.3 is 0 Å². The molecule has 2 rings (SSSR count). The number of nitrogen functional groups attached to an aromatic ring is 1. The number of likely N-dealkylation sites (N-methyl/N-ethyl adjacent to an activating group) is 1. The van der Waals surface area contributed by atoms with Crippen molar-refractivity contribution in [3.63, 3.8) is 0 Å². The van der Waals surface area contributed by atoms with Crippen molar-refractivity contribution < 1.29 is 9.53 Å². The second-order valence-electron chi connectivity index (χ2n) is 4.02. The summed E-state index contributed by atoms with van der Waals surface area (Å²) in [6, 6.07) is 1.77. The van der Waals surface area contributed by atoms with Gasteiger partial charge in [0, 0.05) is 25.6 Å². The van der Waals surface area contributed by atoms with Crippen LogP contribution in [0.4, 0.5) is 5.69 Å². The summed E-state index contributed by atoms with van der Waals surface area (Å²) < 4.78 is 5.24. The fourth-order valence-electron chi connectivity index (χ4n) is 1.65. The summed E-state index contributed by atoms with van der Waals surface area (Å²) in [5, 5.41) is 8.54. The standard InChI is InChI=1S/C12H16N4O2S/c1-3-18-7-6-16(2)12(17)10-9(13)8-4-5-14-15-11(8)19-10/h4-5H,3,6-7,13H2,1-2H3. The third-order valence-corrected chi connectivity index (χ3v) is 3.83. The molecule has 2 aromatic heterocycles. The number of rotatable bonds is 5. The van der Waals surface area contributed by atoms with Gasteiger partial charge in [0.15, 0.2) is 0 Å². The summed E-state index contributed by atoms with van der Waals surface area (Å²) in [4.78, 5) is 15.1. The van der Waals surface area contributed by atoms with Crippen molar-refractivity contribution in [3.8, 4) is 0 Å². The molecule has 0 fully saturated rings. The number of carbonyl (C=O) groups is 1. The van der Waals surface area contributed by atoms with E-state index in [1.807, 2.05) is 6.92 Å². The van der Waals surface area contributed by atoms with Crippen molar-refractivity contribution in [2.75, 3.05) is 32.5 Å². The zero-order valence-electron chi connectivity index (χ0n) is 10.9. The van der Waals surface area contributed by atoms with Gasteiger partial charge in [-0.1, -0.05) is 0 Å². The monoisotopic (exact) mass is 280 g/mol. The molecule has 0 aromatic carbocycles. The maximum atomic E-state index is 12.3. The predicted octanol–water partition coefficient (Wildman–Crippen LogP) is 1.38. The number of nitrogens with zero attached hydrogens (tertiary/aromatic N) is 3. The summed E-state index contributed by atoms with van der Waals surface area (Å²) in [5.41, 5.74) is 6.47. The van der Waals surface area contributed by atoms with E-state index >= 15 is 0 Å². The van der Waals surface area contributed by atoms with Crippen molar-refractivity contribution in [1.29, 1.82) is 0 Å². The molecule has 0 bridgehead atoms. The molecule has 2 N–H and O–H groups in total. The average Bonchev–Trinajstić information content (AvgIpc) is 2.76. The Morgan fingerprint density at radius 3 is 3.05 bits per heavy atom. The van der Waals surface area contributed by atoms with E-state index in [2.05, 4.69) is 10.2 Å². The lowest BCUT2D eigenvalue weighted by atomic mass is 10.2. The lowest BCUT2D eigenvalue weighted by Gasteiger charge is -2.16. The maximum absolute atomic E-state index is 12.3. The third-order valence-electron chi connectivity index (χ3n) is 2.74. The molecule has 6 nitrogen and oxygen atoms in total. The van der Waals surface area contributed by atoms with Crippen LogP contribution in [0.15, 0.2) is 12.3 Å². The van der Waals surface area contributed by atoms with Gasteiger partial charge in [-0.15, -0.1) is 16.4 Å². The molecule has 0 aliphatic carbocycles. The predicted molar refractivity (Wildman–Crippen MR) is 75.3 cm³/mol. The number of ether oxygens (including phenoxy) is 1. The fourth-order valence-corrected chi connectivity index (χ4v) is 2.69. The summed E-state index contributed by atoms with van der Waals surface area (Å²) in [6.07, 6.45) is 1.57. The maximum Gasteiger partial charge on any atom is 0.265 e. The van der Waals surface area contributed by atoms with Crippen molar-refractivity contribution in [2.24, 2.45) is 0 Å². The van der Waals surface area contributed by atoms with Gasteiger partial charge in [-0.2, -0.15) is 5.10 Å². The van der Waals surface area contributed by atoms with Crippen LogP contribution < -0.4 is 5.73 Å². The Bertz CT molecular complexity index is 584. The van der Waals surface area contributed by atoms with Crippen LogP contribution in [0.5, 0.6) is 0 Å². The van der Waals surface area contributed by atoms with E-state index in [0.717, 1.165) is 5.39 Å².